The van der Waals surface area contributed by atoms with Gasteiger partial charge in [0, 0.05) is 18.9 Å². The van der Waals surface area contributed by atoms with E-state index in [4.69, 9.17) is 17.7 Å². The van der Waals surface area contributed by atoms with E-state index in [2.05, 4.69) is 5.32 Å². The first-order chi connectivity index (χ1) is 10.1. The fourth-order valence-electron chi connectivity index (χ4n) is 1.62. The van der Waals surface area contributed by atoms with Crippen LogP contribution in [0.2, 0.25) is 0 Å². The van der Waals surface area contributed by atoms with Gasteiger partial charge in [0.25, 0.3) is 0 Å². The van der Waals surface area contributed by atoms with Crippen LogP contribution in [0.4, 0.5) is 18.0 Å². The number of amides is 1. The molecule has 1 atom stereocenters. The number of halogens is 3. The molecule has 0 spiro atoms. The lowest BCUT2D eigenvalue weighted by atomic mass is 9.94. The van der Waals surface area contributed by atoms with Crippen molar-refractivity contribution in [1.82, 2.24) is 5.32 Å². The van der Waals surface area contributed by atoms with Crippen LogP contribution in [-0.2, 0) is 19.6 Å². The second-order valence-corrected chi connectivity index (χ2v) is 7.31. The van der Waals surface area contributed by atoms with Crippen molar-refractivity contribution in [2.24, 2.45) is 0 Å². The fraction of sp³-hybridized carbons (Fsp3) is 0.833. The van der Waals surface area contributed by atoms with Crippen LogP contribution in [0.5, 0.6) is 0 Å². The van der Waals surface area contributed by atoms with Crippen LogP contribution < -0.4 is 5.32 Å². The Balaban J connectivity index is 0.000000515. The number of alkyl carbamates (subject to hydrolysis) is 1. The molecule has 1 unspecified atom stereocenters. The average molecular weight is 363 g/mol. The molecule has 1 aliphatic carbocycles. The number of ketones is 1. The van der Waals surface area contributed by atoms with Gasteiger partial charge < -0.3 is 10.1 Å². The highest BCUT2D eigenvalue weighted by atomic mass is 32.2. The Hall–Kier alpha value is -1.36. The number of rotatable bonds is 1. The summed E-state index contributed by atoms with van der Waals surface area (Å²) in [6.07, 6.45) is 2.39. The Morgan fingerprint density at radius 2 is 1.78 bits per heavy atom. The van der Waals surface area contributed by atoms with Crippen molar-refractivity contribution in [2.75, 3.05) is 0 Å². The third-order valence-corrected chi connectivity index (χ3v) is 3.08. The van der Waals surface area contributed by atoms with E-state index in [0.29, 0.717) is 12.8 Å². The highest BCUT2D eigenvalue weighted by molar-refractivity contribution is 7.86. The molecule has 2 N–H and O–H groups in total. The normalized spacial score (nSPS) is 19.4. The third-order valence-electron chi connectivity index (χ3n) is 2.50. The number of nitrogens with one attached hydrogen (secondary N) is 1. The smallest absolute Gasteiger partial charge is 0.444 e. The SMILES string of the molecule is CC(C)(C)OC(=O)NC1CCCC(=O)C1.O=S(=O)(O)C(F)(F)F. The van der Waals surface area contributed by atoms with E-state index in [9.17, 15) is 22.8 Å². The van der Waals surface area contributed by atoms with Crippen LogP contribution in [0, 0.1) is 0 Å². The van der Waals surface area contributed by atoms with E-state index in [0.717, 1.165) is 12.8 Å². The molecule has 11 heteroatoms. The molecule has 0 radical (unpaired) electrons. The number of hydrogen-bond donors (Lipinski definition) is 2. The molecule has 0 aromatic carbocycles. The largest absolute Gasteiger partial charge is 0.522 e. The summed E-state index contributed by atoms with van der Waals surface area (Å²) in [7, 11) is -5.84. The zero-order chi connectivity index (χ0) is 18.5. The fourth-order valence-corrected chi connectivity index (χ4v) is 1.62. The second-order valence-electron chi connectivity index (χ2n) is 5.90. The molecule has 1 saturated carbocycles. The minimum absolute atomic E-state index is 0.0406. The molecule has 1 amide bonds. The van der Waals surface area contributed by atoms with E-state index in [1.165, 1.54) is 0 Å². The number of Topliss-reactive ketones (excluding diaryl/α,β-unsaturated/α-hetero) is 1. The average Bonchev–Trinajstić information content (AvgIpc) is 2.23. The molecule has 136 valence electrons. The molecule has 23 heavy (non-hydrogen) atoms. The van der Waals surface area contributed by atoms with Crippen LogP contribution in [-0.4, -0.2) is 42.0 Å². The predicted molar refractivity (Wildman–Crippen MR) is 74.2 cm³/mol. The van der Waals surface area contributed by atoms with Gasteiger partial charge in [0.15, 0.2) is 0 Å². The maximum atomic E-state index is 11.4. The van der Waals surface area contributed by atoms with Crippen molar-refractivity contribution < 1.29 is 40.5 Å². The van der Waals surface area contributed by atoms with E-state index in [-0.39, 0.29) is 11.8 Å². The lowest BCUT2D eigenvalue weighted by molar-refractivity contribution is -0.120. The number of carbonyl (C=O) groups excluding carboxylic acids is 2. The van der Waals surface area contributed by atoms with Gasteiger partial charge in [-0.3, -0.25) is 9.35 Å². The van der Waals surface area contributed by atoms with Crippen molar-refractivity contribution in [3.8, 4) is 0 Å². The monoisotopic (exact) mass is 363 g/mol. The maximum absolute atomic E-state index is 11.4. The first-order valence-corrected chi connectivity index (χ1v) is 8.11. The van der Waals surface area contributed by atoms with Crippen LogP contribution in [0.1, 0.15) is 46.5 Å². The zero-order valence-electron chi connectivity index (χ0n) is 12.9. The summed E-state index contributed by atoms with van der Waals surface area (Å²) in [4.78, 5) is 22.5. The summed E-state index contributed by atoms with van der Waals surface area (Å²) >= 11 is 0. The molecule has 0 heterocycles. The molecule has 1 fully saturated rings. The molecule has 1 rings (SSSR count). The number of hydrogen-bond acceptors (Lipinski definition) is 5. The van der Waals surface area contributed by atoms with Gasteiger partial charge >= 0.3 is 21.7 Å². The number of ether oxygens (including phenoxy) is 1. The molecule has 0 aromatic heterocycles. The molecule has 7 nitrogen and oxygen atoms in total. The lowest BCUT2D eigenvalue weighted by Crippen LogP contribution is -2.41. The summed E-state index contributed by atoms with van der Waals surface area (Å²) in [5.41, 5.74) is -6.02. The molecular formula is C12H20F3NO6S. The standard InChI is InChI=1S/C11H19NO3.CHF3O3S/c1-11(2,3)15-10(14)12-8-5-4-6-9(13)7-8;2-1(3,4)8(5,6)7/h8H,4-7H2,1-3H3,(H,12,14);(H,5,6,7). The number of alkyl halides is 3. The van der Waals surface area contributed by atoms with E-state index < -0.39 is 27.3 Å². The van der Waals surface area contributed by atoms with Crippen molar-refractivity contribution in [3.05, 3.63) is 0 Å². The predicted octanol–water partition coefficient (Wildman–Crippen LogP) is 2.42. The summed E-state index contributed by atoms with van der Waals surface area (Å²) < 4.78 is 62.7. The summed E-state index contributed by atoms with van der Waals surface area (Å²) in [5.74, 6) is 0.224. The first-order valence-electron chi connectivity index (χ1n) is 6.67. The highest BCUT2D eigenvalue weighted by Gasteiger charge is 2.44. The Bertz CT molecular complexity index is 524. The van der Waals surface area contributed by atoms with Gasteiger partial charge in [-0.05, 0) is 33.6 Å². The molecular weight excluding hydrogens is 343 g/mol. The summed E-state index contributed by atoms with van der Waals surface area (Å²) in [6.45, 7) is 5.45. The first kappa shape index (κ1) is 21.6. The molecule has 0 saturated heterocycles. The van der Waals surface area contributed by atoms with Crippen molar-refractivity contribution in [1.29, 1.82) is 0 Å². The third kappa shape index (κ3) is 10.1. The van der Waals surface area contributed by atoms with E-state index in [1.807, 2.05) is 20.8 Å². The lowest BCUT2D eigenvalue weighted by Gasteiger charge is -2.25. The van der Waals surface area contributed by atoms with E-state index >= 15 is 0 Å². The van der Waals surface area contributed by atoms with Gasteiger partial charge in [-0.25, -0.2) is 4.79 Å². The van der Waals surface area contributed by atoms with E-state index in [1.54, 1.807) is 0 Å². The van der Waals surface area contributed by atoms with Gasteiger partial charge in [-0.15, -0.1) is 0 Å². The molecule has 1 aliphatic rings. The van der Waals surface area contributed by atoms with Gasteiger partial charge in [0.05, 0.1) is 0 Å². The molecule has 0 bridgehead atoms. The minimum atomic E-state index is -5.84. The number of carbonyl (C=O) groups is 2. The van der Waals surface area contributed by atoms with Crippen molar-refractivity contribution in [3.63, 3.8) is 0 Å². The Labute approximate surface area is 132 Å². The molecule has 0 aromatic rings. The Morgan fingerprint density at radius 3 is 2.13 bits per heavy atom. The van der Waals surface area contributed by atoms with Crippen molar-refractivity contribution in [2.45, 2.75) is 63.6 Å². The summed E-state index contributed by atoms with van der Waals surface area (Å²) in [6, 6.07) is -0.0406. The second kappa shape index (κ2) is 7.95. The van der Waals surface area contributed by atoms with Gasteiger partial charge in [0.1, 0.15) is 11.4 Å². The van der Waals surface area contributed by atoms with Crippen LogP contribution in [0.3, 0.4) is 0 Å². The van der Waals surface area contributed by atoms with Gasteiger partial charge in [-0.1, -0.05) is 0 Å². The van der Waals surface area contributed by atoms with Crippen LogP contribution in [0.25, 0.3) is 0 Å². The maximum Gasteiger partial charge on any atom is 0.522 e. The van der Waals surface area contributed by atoms with Gasteiger partial charge in [-0.2, -0.15) is 21.6 Å². The Kier molecular flexibility index (Phi) is 7.48. The quantitative estimate of drug-likeness (QED) is 0.547. The minimum Gasteiger partial charge on any atom is -0.444 e. The summed E-state index contributed by atoms with van der Waals surface area (Å²) in [5, 5.41) is 2.72. The van der Waals surface area contributed by atoms with Crippen LogP contribution >= 0.6 is 0 Å². The van der Waals surface area contributed by atoms with Crippen molar-refractivity contribution >= 4 is 22.0 Å². The molecule has 0 aliphatic heterocycles. The van der Waals surface area contributed by atoms with Gasteiger partial charge in [0.2, 0.25) is 0 Å². The topological polar surface area (TPSA) is 110 Å². The zero-order valence-corrected chi connectivity index (χ0v) is 13.8. The van der Waals surface area contributed by atoms with Crippen LogP contribution in [0.15, 0.2) is 0 Å². The highest BCUT2D eigenvalue weighted by Crippen LogP contribution is 2.20. The Morgan fingerprint density at radius 1 is 1.30 bits per heavy atom.